The van der Waals surface area contributed by atoms with Gasteiger partial charge in [-0.05, 0) is 40.0 Å². The minimum absolute atomic E-state index is 0.0240. The van der Waals surface area contributed by atoms with Crippen LogP contribution in [0.15, 0.2) is 23.1 Å². The van der Waals surface area contributed by atoms with Gasteiger partial charge in [0.05, 0.1) is 24.2 Å². The Morgan fingerprint density at radius 1 is 1.22 bits per heavy atom. The maximum atomic E-state index is 14.3. The second-order valence-electron chi connectivity index (χ2n) is 13.4. The summed E-state index contributed by atoms with van der Waals surface area (Å²) < 4.78 is 10.9. The Bertz CT molecular complexity index is 1230. The Morgan fingerprint density at radius 2 is 1.90 bits per heavy atom. The van der Waals surface area contributed by atoms with Gasteiger partial charge in [-0.25, -0.2) is 19.7 Å². The number of carboxylic acids is 1. The van der Waals surface area contributed by atoms with Crippen LogP contribution in [0.5, 0.6) is 0 Å². The van der Waals surface area contributed by atoms with Gasteiger partial charge in [-0.15, -0.1) is 0 Å². The van der Waals surface area contributed by atoms with Crippen molar-refractivity contribution in [2.45, 2.75) is 92.3 Å². The number of hydrogen-bond donors (Lipinski definition) is 2. The highest BCUT2D eigenvalue weighted by atomic mass is 16.6. The molecule has 41 heavy (non-hydrogen) atoms. The molecular weight excluding hydrogens is 528 g/mol. The molecular formula is C29H44N6O6. The molecule has 12 nitrogen and oxygen atoms in total. The highest BCUT2D eigenvalue weighted by Gasteiger charge is 2.47. The van der Waals surface area contributed by atoms with Crippen molar-refractivity contribution in [2.75, 3.05) is 25.0 Å². The van der Waals surface area contributed by atoms with Crippen molar-refractivity contribution in [3.05, 3.63) is 35.9 Å². The van der Waals surface area contributed by atoms with Crippen molar-refractivity contribution in [2.24, 2.45) is 11.3 Å². The molecule has 3 heterocycles. The molecule has 0 unspecified atom stereocenters. The van der Waals surface area contributed by atoms with E-state index < -0.39 is 29.1 Å². The van der Waals surface area contributed by atoms with Gasteiger partial charge in [0.2, 0.25) is 5.89 Å². The first-order valence-electron chi connectivity index (χ1n) is 13.9. The molecule has 2 atom stereocenters. The van der Waals surface area contributed by atoms with E-state index in [0.29, 0.717) is 24.1 Å². The molecule has 1 saturated heterocycles. The number of ether oxygens (including phenoxy) is 1. The normalized spacial score (nSPS) is 19.7. The number of aromatic nitrogens is 3. The molecule has 1 aliphatic rings. The van der Waals surface area contributed by atoms with Crippen LogP contribution in [-0.2, 0) is 21.5 Å². The van der Waals surface area contributed by atoms with Crippen molar-refractivity contribution in [1.82, 2.24) is 24.8 Å². The van der Waals surface area contributed by atoms with E-state index in [-0.39, 0.29) is 48.9 Å². The Balaban J connectivity index is 2.03. The van der Waals surface area contributed by atoms with E-state index in [1.54, 1.807) is 32.6 Å². The minimum atomic E-state index is -1.28. The number of rotatable bonds is 8. The summed E-state index contributed by atoms with van der Waals surface area (Å²) in [5, 5.41) is 13.3. The minimum Gasteiger partial charge on any atom is -0.481 e. The summed E-state index contributed by atoms with van der Waals surface area (Å²) in [6.07, 6.45) is 4.06. The van der Waals surface area contributed by atoms with Crippen molar-refractivity contribution in [3.8, 4) is 0 Å². The number of hydrogen-bond acceptors (Lipinski definition) is 9. The zero-order chi connectivity index (χ0) is 30.8. The van der Waals surface area contributed by atoms with Crippen LogP contribution in [0.3, 0.4) is 0 Å². The summed E-state index contributed by atoms with van der Waals surface area (Å²) in [6.45, 7) is 17.4. The molecule has 0 bridgehead atoms. The molecule has 12 heteroatoms. The van der Waals surface area contributed by atoms with E-state index in [9.17, 15) is 19.5 Å². The number of carbonyl (C=O) groups is 3. The van der Waals surface area contributed by atoms with Crippen LogP contribution in [0.1, 0.15) is 90.8 Å². The van der Waals surface area contributed by atoms with E-state index in [2.05, 4.69) is 15.3 Å². The molecule has 226 valence electrons. The number of nitrogens with zero attached hydrogens (tertiary/aromatic N) is 5. The first-order chi connectivity index (χ1) is 18.9. The summed E-state index contributed by atoms with van der Waals surface area (Å²) in [6, 6.07) is -0.589. The first kappa shape index (κ1) is 31.8. The van der Waals surface area contributed by atoms with E-state index in [0.717, 1.165) is 0 Å². The van der Waals surface area contributed by atoms with Crippen LogP contribution in [0, 0.1) is 11.3 Å². The number of anilines is 1. The average Bonchev–Trinajstić information content (AvgIpc) is 3.37. The zero-order valence-corrected chi connectivity index (χ0v) is 25.6. The van der Waals surface area contributed by atoms with E-state index in [1.165, 1.54) is 23.6 Å². The molecule has 2 amide bonds. The van der Waals surface area contributed by atoms with Crippen molar-refractivity contribution < 1.29 is 28.6 Å². The fraction of sp³-hybridized carbons (Fsp3) is 0.655. The summed E-state index contributed by atoms with van der Waals surface area (Å²) in [4.78, 5) is 56.2. The molecule has 3 rings (SSSR count). The molecule has 2 aromatic rings. The molecule has 0 spiro atoms. The third-order valence-electron chi connectivity index (χ3n) is 6.67. The molecule has 0 saturated carbocycles. The molecule has 0 radical (unpaired) electrons. The summed E-state index contributed by atoms with van der Waals surface area (Å²) in [7, 11) is 0. The van der Waals surface area contributed by atoms with E-state index in [4.69, 9.17) is 14.1 Å². The van der Waals surface area contributed by atoms with Crippen molar-refractivity contribution >= 4 is 23.8 Å². The number of carbonyl (C=O) groups excluding carboxylic acids is 2. The highest BCUT2D eigenvalue weighted by molar-refractivity contribution is 5.98. The second kappa shape index (κ2) is 12.0. The van der Waals surface area contributed by atoms with Gasteiger partial charge in [-0.1, -0.05) is 34.6 Å². The largest absolute Gasteiger partial charge is 0.481 e. The Kier molecular flexibility index (Phi) is 9.34. The second-order valence-corrected chi connectivity index (χ2v) is 13.4. The lowest BCUT2D eigenvalue weighted by Crippen LogP contribution is -2.60. The van der Waals surface area contributed by atoms with Gasteiger partial charge in [0.15, 0.2) is 0 Å². The maximum absolute atomic E-state index is 14.3. The molecule has 0 aromatic carbocycles. The van der Waals surface area contributed by atoms with Crippen LogP contribution >= 0.6 is 0 Å². The number of piperidine rings is 1. The molecule has 1 aliphatic heterocycles. The van der Waals surface area contributed by atoms with Crippen LogP contribution in [0.2, 0.25) is 0 Å². The lowest BCUT2D eigenvalue weighted by molar-refractivity contribution is -0.152. The fourth-order valence-corrected chi connectivity index (χ4v) is 4.70. The lowest BCUT2D eigenvalue weighted by Gasteiger charge is -2.46. The molecule has 0 aliphatic carbocycles. The number of aliphatic carboxylic acids is 1. The Labute approximate surface area is 241 Å². The van der Waals surface area contributed by atoms with Gasteiger partial charge in [0.1, 0.15) is 29.1 Å². The van der Waals surface area contributed by atoms with Crippen LogP contribution in [0.25, 0.3) is 0 Å². The summed E-state index contributed by atoms with van der Waals surface area (Å²) >= 11 is 0. The highest BCUT2D eigenvalue weighted by Crippen LogP contribution is 2.34. The van der Waals surface area contributed by atoms with Crippen molar-refractivity contribution in [3.63, 3.8) is 0 Å². The van der Waals surface area contributed by atoms with Gasteiger partial charge in [-0.2, -0.15) is 0 Å². The van der Waals surface area contributed by atoms with E-state index >= 15 is 0 Å². The third-order valence-corrected chi connectivity index (χ3v) is 6.67. The predicted molar refractivity (Wildman–Crippen MR) is 152 cm³/mol. The maximum Gasteiger partial charge on any atom is 0.410 e. The van der Waals surface area contributed by atoms with Crippen molar-refractivity contribution in [1.29, 1.82) is 0 Å². The number of nitrogens with one attached hydrogen (secondary N) is 1. The molecule has 2 aromatic heterocycles. The smallest absolute Gasteiger partial charge is 0.410 e. The first-order valence-corrected chi connectivity index (χ1v) is 13.9. The lowest BCUT2D eigenvalue weighted by atomic mass is 9.79. The van der Waals surface area contributed by atoms with Gasteiger partial charge in [-0.3, -0.25) is 9.59 Å². The summed E-state index contributed by atoms with van der Waals surface area (Å²) in [5.41, 5.74) is -2.18. The zero-order valence-electron chi connectivity index (χ0n) is 25.6. The molecule has 1 fully saturated rings. The van der Waals surface area contributed by atoms with Crippen LogP contribution in [-0.4, -0.2) is 79.1 Å². The van der Waals surface area contributed by atoms with E-state index in [1.807, 2.05) is 34.6 Å². The number of oxazole rings is 1. The van der Waals surface area contributed by atoms with Crippen LogP contribution < -0.4 is 5.32 Å². The van der Waals surface area contributed by atoms with Crippen LogP contribution in [0.4, 0.5) is 10.6 Å². The fourth-order valence-electron chi connectivity index (χ4n) is 4.70. The quantitative estimate of drug-likeness (QED) is 0.460. The Hall–Kier alpha value is -3.70. The van der Waals surface area contributed by atoms with Gasteiger partial charge >= 0.3 is 12.1 Å². The van der Waals surface area contributed by atoms with Gasteiger partial charge < -0.3 is 29.4 Å². The topological polar surface area (TPSA) is 151 Å². The molecule has 2 N–H and O–H groups in total. The third kappa shape index (κ3) is 8.17. The monoisotopic (exact) mass is 572 g/mol. The number of likely N-dealkylation sites (tertiary alicyclic amines) is 1. The van der Waals surface area contributed by atoms with Gasteiger partial charge in [0, 0.05) is 31.2 Å². The predicted octanol–water partition coefficient (Wildman–Crippen LogP) is 4.57. The van der Waals surface area contributed by atoms with Gasteiger partial charge in [0.25, 0.3) is 5.91 Å². The number of carboxylic acid groups (broad SMARTS) is 1. The standard InChI is InChI=1S/C29H44N6O6/c1-18(2)15-35(19-12-29(9,25(37)38)17-34(16-19)26(39)41-28(6,7)8)23(36)20-13-32-24(27(3,4)5)33-22(20)31-14-21-30-10-11-40-21/h10-11,13,18-19H,12,14-17H2,1-9H3,(H,37,38)(H,31,32,33)/t19-,29+/m0/s1. The SMILES string of the molecule is CC(C)CN(C(=O)c1cnc(C(C)(C)C)nc1NCc1ncco1)[C@@H]1CN(C(=O)OC(C)(C)C)C[C@](C)(C(=O)O)C1. The summed E-state index contributed by atoms with van der Waals surface area (Å²) in [5.74, 6) is -0.0488. The number of amides is 2. The Morgan fingerprint density at radius 3 is 2.44 bits per heavy atom. The average molecular weight is 573 g/mol.